The van der Waals surface area contributed by atoms with Crippen LogP contribution in [-0.4, -0.2) is 60.6 Å². The second-order valence-electron chi connectivity index (χ2n) is 10.7. The zero-order chi connectivity index (χ0) is 31.2. The van der Waals surface area contributed by atoms with Crippen molar-refractivity contribution in [2.75, 3.05) is 18.0 Å². The van der Waals surface area contributed by atoms with E-state index in [4.69, 9.17) is 16.6 Å². The summed E-state index contributed by atoms with van der Waals surface area (Å²) in [7, 11) is 1.14. The molecule has 1 aliphatic rings. The molecule has 4 aromatic rings. The number of piperazine rings is 1. The van der Waals surface area contributed by atoms with Crippen molar-refractivity contribution in [3.8, 4) is 22.7 Å². The van der Waals surface area contributed by atoms with Gasteiger partial charge in [0.1, 0.15) is 17.4 Å². The maximum atomic E-state index is 15.1. The van der Waals surface area contributed by atoms with Crippen molar-refractivity contribution in [1.29, 1.82) is 0 Å². The molecule has 224 valence electrons. The van der Waals surface area contributed by atoms with Crippen molar-refractivity contribution < 1.29 is 14.3 Å². The SMILES string of the molecule is C=CC(=O)N1CC(C)N(c2nc(=O)n(-c3c(SS)ccnc3C(C)C)c3nc(-c4c(O)cccc4F)c(Cl)cc23)C[C@H]1C. The number of hydrogen-bond donors (Lipinski definition) is 2. The summed E-state index contributed by atoms with van der Waals surface area (Å²) in [6, 6.07) is 6.80. The number of phenolic OH excluding ortho intramolecular Hbond substituents is 1. The molecule has 1 aliphatic heterocycles. The van der Waals surface area contributed by atoms with Crippen LogP contribution < -0.4 is 10.6 Å². The number of hydrogen-bond acceptors (Lipinski definition) is 9. The maximum absolute atomic E-state index is 15.1. The molecule has 1 unspecified atom stereocenters. The van der Waals surface area contributed by atoms with Crippen LogP contribution in [0.25, 0.3) is 28.0 Å². The third-order valence-corrected chi connectivity index (χ3v) is 8.93. The average Bonchev–Trinajstić information content (AvgIpc) is 2.97. The van der Waals surface area contributed by atoms with Crippen LogP contribution in [0.15, 0.2) is 58.9 Å². The highest BCUT2D eigenvalue weighted by Gasteiger charge is 2.34. The molecule has 2 atom stereocenters. The van der Waals surface area contributed by atoms with Gasteiger partial charge in [0.2, 0.25) is 5.91 Å². The summed E-state index contributed by atoms with van der Waals surface area (Å²) in [6.07, 6.45) is 2.93. The molecule has 1 amide bonds. The summed E-state index contributed by atoms with van der Waals surface area (Å²) in [5.74, 6) is -1.01. The van der Waals surface area contributed by atoms with E-state index in [0.29, 0.717) is 40.6 Å². The Kier molecular flexibility index (Phi) is 8.73. The first-order valence-electron chi connectivity index (χ1n) is 13.6. The van der Waals surface area contributed by atoms with Crippen molar-refractivity contribution >= 4 is 56.8 Å². The molecule has 3 aromatic heterocycles. The number of carbonyl (C=O) groups is 1. The highest BCUT2D eigenvalue weighted by molar-refractivity contribution is 8.68. The molecule has 1 N–H and O–H groups in total. The third-order valence-electron chi connectivity index (χ3n) is 7.53. The summed E-state index contributed by atoms with van der Waals surface area (Å²) in [5.41, 5.74) is 0.358. The second kappa shape index (κ2) is 12.2. The largest absolute Gasteiger partial charge is 0.507 e. The van der Waals surface area contributed by atoms with E-state index in [1.54, 1.807) is 23.2 Å². The van der Waals surface area contributed by atoms with Crippen LogP contribution in [0.2, 0.25) is 5.02 Å². The molecule has 4 heterocycles. The minimum Gasteiger partial charge on any atom is -0.507 e. The van der Waals surface area contributed by atoms with Gasteiger partial charge < -0.3 is 14.9 Å². The molecule has 1 aromatic carbocycles. The normalized spacial score (nSPS) is 17.1. The molecule has 0 aliphatic carbocycles. The first-order valence-corrected chi connectivity index (χ1v) is 15.8. The monoisotopic (exact) mass is 640 g/mol. The van der Waals surface area contributed by atoms with E-state index in [-0.39, 0.29) is 51.6 Å². The van der Waals surface area contributed by atoms with Crippen molar-refractivity contribution in [2.45, 2.75) is 50.6 Å². The second-order valence-corrected chi connectivity index (χ2v) is 12.3. The molecule has 43 heavy (non-hydrogen) atoms. The lowest BCUT2D eigenvalue weighted by Gasteiger charge is -2.44. The molecular formula is C30H30ClFN6O3S2. The number of amides is 1. The Labute approximate surface area is 262 Å². The van der Waals surface area contributed by atoms with Crippen LogP contribution in [0, 0.1) is 5.82 Å². The van der Waals surface area contributed by atoms with Crippen LogP contribution in [0.5, 0.6) is 5.75 Å². The number of nitrogens with zero attached hydrogens (tertiary/aromatic N) is 6. The Bertz CT molecular complexity index is 1800. The maximum Gasteiger partial charge on any atom is 0.355 e. The van der Waals surface area contributed by atoms with Gasteiger partial charge in [-0.15, -0.1) is 11.7 Å². The number of carbonyl (C=O) groups excluding carboxylic acids is 1. The molecule has 1 saturated heterocycles. The predicted octanol–water partition coefficient (Wildman–Crippen LogP) is 6.01. The zero-order valence-corrected chi connectivity index (χ0v) is 26.4. The molecule has 5 rings (SSSR count). The molecule has 0 bridgehead atoms. The number of rotatable bonds is 6. The summed E-state index contributed by atoms with van der Waals surface area (Å²) in [6.45, 7) is 12.1. The molecule has 1 fully saturated rings. The van der Waals surface area contributed by atoms with E-state index < -0.39 is 11.5 Å². The number of phenols is 1. The number of thiol groups is 1. The number of fused-ring (bicyclic) bond motifs is 1. The fraction of sp³-hybridized carbons (Fsp3) is 0.300. The fourth-order valence-electron chi connectivity index (χ4n) is 5.47. The van der Waals surface area contributed by atoms with Gasteiger partial charge >= 0.3 is 5.69 Å². The van der Waals surface area contributed by atoms with Crippen LogP contribution >= 0.6 is 34.1 Å². The number of anilines is 1. The standard InChI is InChI=1S/C30H30ClFN6O3S2/c1-6-23(40)36-13-17(5)37(14-16(36)4)28-18-12-19(31)26(24-20(32)8-7-9-21(24)39)34-29(18)38(30(41)35-28)27-22(43-42)10-11-33-25(27)15(2)3/h6-12,15-17,39,42H,1,13-14H2,2-5H3/t16-,17?/m1/s1. The van der Waals surface area contributed by atoms with E-state index in [9.17, 15) is 14.7 Å². The zero-order valence-electron chi connectivity index (χ0n) is 24.0. The quantitative estimate of drug-likeness (QED) is 0.150. The van der Waals surface area contributed by atoms with Gasteiger partial charge in [-0.3, -0.25) is 9.78 Å². The lowest BCUT2D eigenvalue weighted by molar-refractivity contribution is -0.128. The Morgan fingerprint density at radius 2 is 1.98 bits per heavy atom. The van der Waals surface area contributed by atoms with Crippen LogP contribution in [0.3, 0.4) is 0 Å². The van der Waals surface area contributed by atoms with Gasteiger partial charge in [-0.1, -0.05) is 48.9 Å². The number of aromatic hydroxyl groups is 1. The summed E-state index contributed by atoms with van der Waals surface area (Å²) < 4.78 is 16.4. The summed E-state index contributed by atoms with van der Waals surface area (Å²) >= 11 is 11.2. The van der Waals surface area contributed by atoms with Crippen LogP contribution in [-0.2, 0) is 4.79 Å². The first kappa shape index (κ1) is 30.8. The summed E-state index contributed by atoms with van der Waals surface area (Å²) in [4.78, 5) is 44.8. The van der Waals surface area contributed by atoms with Crippen molar-refractivity contribution in [1.82, 2.24) is 24.4 Å². The highest BCUT2D eigenvalue weighted by atomic mass is 35.5. The fourth-order valence-corrected chi connectivity index (χ4v) is 6.56. The molecule has 13 heteroatoms. The average molecular weight is 641 g/mol. The minimum atomic E-state index is -0.724. The third kappa shape index (κ3) is 5.47. The van der Waals surface area contributed by atoms with Gasteiger partial charge in [0.25, 0.3) is 0 Å². The Morgan fingerprint density at radius 3 is 2.63 bits per heavy atom. The van der Waals surface area contributed by atoms with Gasteiger partial charge in [0.15, 0.2) is 5.65 Å². The topological polar surface area (TPSA) is 104 Å². The Balaban J connectivity index is 1.86. The smallest absolute Gasteiger partial charge is 0.355 e. The number of aromatic nitrogens is 4. The molecule has 0 saturated carbocycles. The van der Waals surface area contributed by atoms with Gasteiger partial charge in [-0.2, -0.15) is 4.98 Å². The minimum absolute atomic E-state index is 0.0343. The van der Waals surface area contributed by atoms with E-state index in [1.165, 1.54) is 28.8 Å². The number of pyridine rings is 2. The summed E-state index contributed by atoms with van der Waals surface area (Å²) in [5, 5.41) is 11.1. The molecular weight excluding hydrogens is 611 g/mol. The van der Waals surface area contributed by atoms with E-state index >= 15 is 4.39 Å². The van der Waals surface area contributed by atoms with Gasteiger partial charge in [0, 0.05) is 36.3 Å². The number of benzene rings is 1. The van der Waals surface area contributed by atoms with Gasteiger partial charge in [-0.05, 0) is 50.1 Å². The van der Waals surface area contributed by atoms with Crippen molar-refractivity contribution in [2.24, 2.45) is 0 Å². The first-order chi connectivity index (χ1) is 20.5. The van der Waals surface area contributed by atoms with E-state index in [2.05, 4.69) is 28.2 Å². The molecule has 0 spiro atoms. The predicted molar refractivity (Wildman–Crippen MR) is 172 cm³/mol. The lowest BCUT2D eigenvalue weighted by atomic mass is 10.1. The van der Waals surface area contributed by atoms with Crippen molar-refractivity contribution in [3.63, 3.8) is 0 Å². The van der Waals surface area contributed by atoms with Crippen LogP contribution in [0.4, 0.5) is 10.2 Å². The highest BCUT2D eigenvalue weighted by Crippen LogP contribution is 2.40. The van der Waals surface area contributed by atoms with Gasteiger partial charge in [-0.25, -0.2) is 18.7 Å². The van der Waals surface area contributed by atoms with Gasteiger partial charge in [0.05, 0.1) is 33.0 Å². The molecule has 9 nitrogen and oxygen atoms in total. The van der Waals surface area contributed by atoms with E-state index in [1.807, 2.05) is 32.6 Å². The van der Waals surface area contributed by atoms with Crippen LogP contribution in [0.1, 0.15) is 39.3 Å². The molecule has 0 radical (unpaired) electrons. The van der Waals surface area contributed by atoms with Crippen molar-refractivity contribution in [3.05, 3.63) is 76.2 Å². The number of halogens is 2. The Hall–Kier alpha value is -3.61. The lowest BCUT2D eigenvalue weighted by Crippen LogP contribution is -2.58. The van der Waals surface area contributed by atoms with E-state index in [0.717, 1.165) is 10.8 Å². The Morgan fingerprint density at radius 1 is 1.23 bits per heavy atom.